The summed E-state index contributed by atoms with van der Waals surface area (Å²) in [6.45, 7) is 0.752. The van der Waals surface area contributed by atoms with Crippen LogP contribution in [-0.2, 0) is 0 Å². The summed E-state index contributed by atoms with van der Waals surface area (Å²) in [5, 5.41) is 2.61. The van der Waals surface area contributed by atoms with Gasteiger partial charge in [0, 0.05) is 6.54 Å². The Morgan fingerprint density at radius 1 is 1.80 bits per heavy atom. The van der Waals surface area contributed by atoms with Crippen LogP contribution in [0, 0.1) is 5.92 Å². The molecule has 3 nitrogen and oxygen atoms in total. The van der Waals surface area contributed by atoms with Crippen LogP contribution in [0.3, 0.4) is 0 Å². The Hall–Kier alpha value is -0.380. The number of thioether (sulfide) groups is 1. The Bertz CT molecular complexity index is 123. The zero-order chi connectivity index (χ0) is 7.40. The molecule has 4 heteroatoms. The zero-order valence-corrected chi connectivity index (χ0v) is 6.62. The van der Waals surface area contributed by atoms with Gasteiger partial charge in [-0.15, -0.1) is 0 Å². The quantitative estimate of drug-likeness (QED) is 0.614. The molecule has 0 aromatic heterocycles. The van der Waals surface area contributed by atoms with E-state index in [-0.39, 0.29) is 0 Å². The van der Waals surface area contributed by atoms with Crippen LogP contribution in [0.5, 0.6) is 0 Å². The predicted molar refractivity (Wildman–Crippen MR) is 43.0 cm³/mol. The highest BCUT2D eigenvalue weighted by molar-refractivity contribution is 7.99. The Morgan fingerprint density at radius 3 is 3.10 bits per heavy atom. The highest BCUT2D eigenvalue weighted by Crippen LogP contribution is 2.22. The topological polar surface area (TPSA) is 55.1 Å². The van der Waals surface area contributed by atoms with Gasteiger partial charge in [0.05, 0.1) is 0 Å². The lowest BCUT2D eigenvalue weighted by atomic mass is 10.1. The van der Waals surface area contributed by atoms with Crippen molar-refractivity contribution in [2.24, 2.45) is 11.7 Å². The lowest BCUT2D eigenvalue weighted by molar-refractivity contribution is 0.247. The number of carbonyl (C=O) groups excluding carboxylic acids is 1. The molecule has 0 spiro atoms. The maximum Gasteiger partial charge on any atom is 0.312 e. The van der Waals surface area contributed by atoms with Crippen LogP contribution in [-0.4, -0.2) is 24.1 Å². The summed E-state index contributed by atoms with van der Waals surface area (Å²) in [5.41, 5.74) is 4.91. The maximum absolute atomic E-state index is 10.3. The molecule has 0 bridgehead atoms. The monoisotopic (exact) mass is 160 g/mol. The maximum atomic E-state index is 10.3. The summed E-state index contributed by atoms with van der Waals surface area (Å²) in [6, 6.07) is -0.406. The van der Waals surface area contributed by atoms with E-state index in [2.05, 4.69) is 5.32 Å². The van der Waals surface area contributed by atoms with E-state index in [1.54, 1.807) is 0 Å². The number of urea groups is 1. The molecule has 0 aliphatic carbocycles. The fourth-order valence-corrected chi connectivity index (χ4v) is 2.27. The van der Waals surface area contributed by atoms with Gasteiger partial charge in [-0.2, -0.15) is 11.8 Å². The summed E-state index contributed by atoms with van der Waals surface area (Å²) in [4.78, 5) is 10.3. The Kier molecular flexibility index (Phi) is 2.86. The molecule has 1 fully saturated rings. The van der Waals surface area contributed by atoms with E-state index in [9.17, 15) is 4.79 Å². The molecule has 1 unspecified atom stereocenters. The van der Waals surface area contributed by atoms with Crippen molar-refractivity contribution in [3.63, 3.8) is 0 Å². The van der Waals surface area contributed by atoms with E-state index < -0.39 is 6.03 Å². The molecule has 2 amide bonds. The molecule has 1 heterocycles. The summed E-state index contributed by atoms with van der Waals surface area (Å²) >= 11 is 1.94. The van der Waals surface area contributed by atoms with Crippen LogP contribution in [0.1, 0.15) is 6.42 Å². The number of hydrogen-bond donors (Lipinski definition) is 2. The van der Waals surface area contributed by atoms with Gasteiger partial charge >= 0.3 is 6.03 Å². The van der Waals surface area contributed by atoms with Crippen LogP contribution in [0.25, 0.3) is 0 Å². The van der Waals surface area contributed by atoms with Gasteiger partial charge < -0.3 is 11.1 Å². The van der Waals surface area contributed by atoms with Crippen molar-refractivity contribution >= 4 is 17.8 Å². The SMILES string of the molecule is NC(=O)NCC1CCSC1. The van der Waals surface area contributed by atoms with Crippen molar-refractivity contribution in [3.8, 4) is 0 Å². The number of nitrogens with one attached hydrogen (secondary N) is 1. The minimum Gasteiger partial charge on any atom is -0.352 e. The Labute approximate surface area is 64.7 Å². The molecule has 1 atom stereocenters. The third-order valence-corrected chi connectivity index (χ3v) is 2.82. The number of amides is 2. The molecule has 0 aromatic rings. The van der Waals surface area contributed by atoms with Crippen molar-refractivity contribution in [2.45, 2.75) is 6.42 Å². The summed E-state index contributed by atoms with van der Waals surface area (Å²) in [6.07, 6.45) is 1.21. The number of hydrogen-bond acceptors (Lipinski definition) is 2. The van der Waals surface area contributed by atoms with Gasteiger partial charge in [-0.25, -0.2) is 4.79 Å². The second-order valence-corrected chi connectivity index (χ2v) is 3.62. The van der Waals surface area contributed by atoms with E-state index >= 15 is 0 Å². The fourth-order valence-electron chi connectivity index (χ4n) is 0.989. The van der Waals surface area contributed by atoms with Gasteiger partial charge in [-0.3, -0.25) is 0 Å². The van der Waals surface area contributed by atoms with Crippen LogP contribution >= 0.6 is 11.8 Å². The van der Waals surface area contributed by atoms with Gasteiger partial charge in [-0.1, -0.05) is 0 Å². The smallest absolute Gasteiger partial charge is 0.312 e. The lowest BCUT2D eigenvalue weighted by Gasteiger charge is -2.06. The molecular weight excluding hydrogens is 148 g/mol. The van der Waals surface area contributed by atoms with Crippen molar-refractivity contribution in [1.29, 1.82) is 0 Å². The van der Waals surface area contributed by atoms with Gasteiger partial charge in [-0.05, 0) is 23.8 Å². The zero-order valence-electron chi connectivity index (χ0n) is 5.80. The summed E-state index contributed by atoms with van der Waals surface area (Å²) in [7, 11) is 0. The van der Waals surface area contributed by atoms with E-state index in [4.69, 9.17) is 5.73 Å². The lowest BCUT2D eigenvalue weighted by Crippen LogP contribution is -2.33. The van der Waals surface area contributed by atoms with Gasteiger partial charge in [0.25, 0.3) is 0 Å². The second-order valence-electron chi connectivity index (χ2n) is 2.47. The third kappa shape index (κ3) is 2.47. The first-order valence-electron chi connectivity index (χ1n) is 3.40. The van der Waals surface area contributed by atoms with Crippen LogP contribution in [0.4, 0.5) is 4.79 Å². The molecule has 0 saturated carbocycles. The minimum atomic E-state index is -0.406. The molecule has 0 radical (unpaired) electrons. The molecular formula is C6H12N2OS. The van der Waals surface area contributed by atoms with Crippen molar-refractivity contribution in [1.82, 2.24) is 5.32 Å². The highest BCUT2D eigenvalue weighted by Gasteiger charge is 2.14. The molecule has 1 aliphatic heterocycles. The Balaban J connectivity index is 2.07. The first-order chi connectivity index (χ1) is 4.79. The fraction of sp³-hybridized carbons (Fsp3) is 0.833. The highest BCUT2D eigenvalue weighted by atomic mass is 32.2. The molecule has 0 aromatic carbocycles. The van der Waals surface area contributed by atoms with Crippen LogP contribution < -0.4 is 11.1 Å². The van der Waals surface area contributed by atoms with Crippen molar-refractivity contribution < 1.29 is 4.79 Å². The first-order valence-corrected chi connectivity index (χ1v) is 4.55. The molecule has 3 N–H and O–H groups in total. The first kappa shape index (κ1) is 7.72. The number of rotatable bonds is 2. The molecule has 1 aliphatic rings. The third-order valence-electron chi connectivity index (χ3n) is 1.59. The van der Waals surface area contributed by atoms with Gasteiger partial charge in [0.2, 0.25) is 0 Å². The normalized spacial score (nSPS) is 24.6. The predicted octanol–water partition coefficient (Wildman–Crippen LogP) is 0.408. The number of nitrogens with two attached hydrogens (primary N) is 1. The minimum absolute atomic E-state index is 0.406. The average Bonchev–Trinajstić information content (AvgIpc) is 2.34. The standard InChI is InChI=1S/C6H12N2OS/c7-6(9)8-3-5-1-2-10-4-5/h5H,1-4H2,(H3,7,8,9). The largest absolute Gasteiger partial charge is 0.352 e. The van der Waals surface area contributed by atoms with E-state index in [1.807, 2.05) is 11.8 Å². The van der Waals surface area contributed by atoms with E-state index in [0.29, 0.717) is 5.92 Å². The van der Waals surface area contributed by atoms with E-state index in [1.165, 1.54) is 17.9 Å². The number of carbonyl (C=O) groups is 1. The van der Waals surface area contributed by atoms with Gasteiger partial charge in [0.1, 0.15) is 0 Å². The number of primary amides is 1. The second kappa shape index (κ2) is 3.71. The molecule has 58 valence electrons. The van der Waals surface area contributed by atoms with Crippen LogP contribution in [0.2, 0.25) is 0 Å². The summed E-state index contributed by atoms with van der Waals surface area (Å²) in [5.74, 6) is 3.04. The summed E-state index contributed by atoms with van der Waals surface area (Å²) < 4.78 is 0. The van der Waals surface area contributed by atoms with E-state index in [0.717, 1.165) is 6.54 Å². The van der Waals surface area contributed by atoms with Crippen molar-refractivity contribution in [2.75, 3.05) is 18.1 Å². The molecule has 1 saturated heterocycles. The molecule has 10 heavy (non-hydrogen) atoms. The van der Waals surface area contributed by atoms with Crippen LogP contribution in [0.15, 0.2) is 0 Å². The molecule has 1 rings (SSSR count). The Morgan fingerprint density at radius 2 is 2.60 bits per heavy atom. The van der Waals surface area contributed by atoms with Gasteiger partial charge in [0.15, 0.2) is 0 Å². The average molecular weight is 160 g/mol. The van der Waals surface area contributed by atoms with Crippen molar-refractivity contribution in [3.05, 3.63) is 0 Å².